The summed E-state index contributed by atoms with van der Waals surface area (Å²) in [7, 11) is 1.73. The highest BCUT2D eigenvalue weighted by Gasteiger charge is 2.58. The predicted octanol–water partition coefficient (Wildman–Crippen LogP) is -0.0853. The summed E-state index contributed by atoms with van der Waals surface area (Å²) < 4.78 is 0. The summed E-state index contributed by atoms with van der Waals surface area (Å²) in [6.07, 6.45) is 0. The monoisotopic (exact) mass is 173 g/mol. The van der Waals surface area contributed by atoms with Gasteiger partial charge in [-0.25, -0.2) is 0 Å². The zero-order chi connectivity index (χ0) is 9.73. The molecule has 0 saturated carbocycles. The Morgan fingerprint density at radius 3 is 1.75 bits per heavy atom. The molecule has 0 aromatic rings. The standard InChI is InChI=1S/C8H16N2O2/c1-7(2)6(11)9(5)8(3,4)10(7)12/h12H,1-5H3/p+1. The fourth-order valence-corrected chi connectivity index (χ4v) is 1.59. The lowest BCUT2D eigenvalue weighted by atomic mass is 10.1. The van der Waals surface area contributed by atoms with Crippen LogP contribution in [0, 0.1) is 0 Å². The van der Waals surface area contributed by atoms with E-state index >= 15 is 0 Å². The van der Waals surface area contributed by atoms with E-state index in [1.54, 1.807) is 25.8 Å². The minimum absolute atomic E-state index is 0.00231. The number of hydrogen-bond acceptors (Lipinski definition) is 2. The fourth-order valence-electron chi connectivity index (χ4n) is 1.59. The molecule has 1 amide bonds. The molecule has 0 radical (unpaired) electrons. The molecule has 1 aliphatic heterocycles. The van der Waals surface area contributed by atoms with Gasteiger partial charge in [-0.1, -0.05) is 0 Å². The predicted molar refractivity (Wildman–Crippen MR) is 46.4 cm³/mol. The van der Waals surface area contributed by atoms with E-state index in [0.29, 0.717) is 0 Å². The number of rotatable bonds is 0. The Kier molecular flexibility index (Phi) is 1.74. The lowest BCUT2D eigenvalue weighted by molar-refractivity contribution is -0.207. The summed E-state index contributed by atoms with van der Waals surface area (Å²) in [5.74, 6) is 0.00231. The molecule has 0 bridgehead atoms. The SMILES string of the molecule is CN1C(=O)C(C)(C)N([OH2+])C1(C)C. The Bertz CT molecular complexity index is 223. The molecule has 0 aromatic heterocycles. The molecule has 1 saturated heterocycles. The Morgan fingerprint density at radius 1 is 1.25 bits per heavy atom. The Hall–Kier alpha value is -0.610. The maximum atomic E-state index is 11.6. The molecule has 0 aliphatic carbocycles. The van der Waals surface area contributed by atoms with Gasteiger partial charge in [0.25, 0.3) is 5.91 Å². The fraction of sp³-hybridized carbons (Fsp3) is 0.875. The normalized spacial score (nSPS) is 28.2. The molecule has 0 atom stereocenters. The Labute approximate surface area is 72.7 Å². The lowest BCUT2D eigenvalue weighted by Gasteiger charge is -2.29. The van der Waals surface area contributed by atoms with Crippen LogP contribution in [-0.4, -0.2) is 39.3 Å². The van der Waals surface area contributed by atoms with Crippen molar-refractivity contribution in [2.75, 3.05) is 7.05 Å². The van der Waals surface area contributed by atoms with Crippen LogP contribution in [0.1, 0.15) is 27.7 Å². The van der Waals surface area contributed by atoms with Crippen LogP contribution in [-0.2, 0) is 4.79 Å². The van der Waals surface area contributed by atoms with Gasteiger partial charge < -0.3 is 10.1 Å². The Balaban J connectivity index is 3.12. The quantitative estimate of drug-likeness (QED) is 0.481. The van der Waals surface area contributed by atoms with Crippen LogP contribution >= 0.6 is 0 Å². The van der Waals surface area contributed by atoms with E-state index in [0.717, 1.165) is 0 Å². The van der Waals surface area contributed by atoms with Crippen molar-refractivity contribution in [2.24, 2.45) is 0 Å². The van der Waals surface area contributed by atoms with Gasteiger partial charge in [0.15, 0.2) is 11.2 Å². The lowest BCUT2D eigenvalue weighted by Crippen LogP contribution is -2.49. The van der Waals surface area contributed by atoms with Crippen molar-refractivity contribution in [2.45, 2.75) is 38.9 Å². The molecule has 4 heteroatoms. The second-order valence-corrected chi connectivity index (χ2v) is 4.25. The first-order valence-electron chi connectivity index (χ1n) is 4.02. The third-order valence-corrected chi connectivity index (χ3v) is 2.76. The zero-order valence-electron chi connectivity index (χ0n) is 8.30. The number of nitrogens with zero attached hydrogens (tertiary/aromatic N) is 2. The van der Waals surface area contributed by atoms with Gasteiger partial charge in [-0.3, -0.25) is 4.79 Å². The van der Waals surface area contributed by atoms with Gasteiger partial charge in [-0.15, -0.1) is 0 Å². The van der Waals surface area contributed by atoms with Crippen molar-refractivity contribution in [3.63, 3.8) is 0 Å². The van der Waals surface area contributed by atoms with Crippen molar-refractivity contribution < 1.29 is 10.0 Å². The summed E-state index contributed by atoms with van der Waals surface area (Å²) in [6.45, 7) is 7.28. The summed E-state index contributed by atoms with van der Waals surface area (Å²) in [5, 5.41) is 9.12. The van der Waals surface area contributed by atoms with E-state index in [2.05, 4.69) is 0 Å². The van der Waals surface area contributed by atoms with Crippen molar-refractivity contribution in [1.29, 1.82) is 0 Å². The molecular formula is C8H17N2O2+. The summed E-state index contributed by atoms with van der Waals surface area (Å²) in [6, 6.07) is 0. The number of hydroxylamine groups is 2. The minimum atomic E-state index is -0.696. The average molecular weight is 173 g/mol. The van der Waals surface area contributed by atoms with Crippen LogP contribution in [0.15, 0.2) is 0 Å². The molecule has 0 aromatic carbocycles. The van der Waals surface area contributed by atoms with Gasteiger partial charge in [0, 0.05) is 7.05 Å². The molecule has 1 fully saturated rings. The number of carbonyl (C=O) groups is 1. The van der Waals surface area contributed by atoms with Crippen LogP contribution in [0.25, 0.3) is 0 Å². The second kappa shape index (κ2) is 2.20. The second-order valence-electron chi connectivity index (χ2n) is 4.25. The van der Waals surface area contributed by atoms with Crippen molar-refractivity contribution in [1.82, 2.24) is 9.96 Å². The van der Waals surface area contributed by atoms with Crippen molar-refractivity contribution >= 4 is 5.91 Å². The first kappa shape index (κ1) is 9.48. The Morgan fingerprint density at radius 2 is 1.67 bits per heavy atom. The number of amides is 1. The molecule has 70 valence electrons. The van der Waals surface area contributed by atoms with Crippen LogP contribution in [0.3, 0.4) is 0 Å². The molecule has 0 spiro atoms. The maximum absolute atomic E-state index is 11.6. The highest BCUT2D eigenvalue weighted by atomic mass is 16.5. The zero-order valence-corrected chi connectivity index (χ0v) is 8.30. The maximum Gasteiger partial charge on any atom is 0.251 e. The average Bonchev–Trinajstić information content (AvgIpc) is 2.06. The highest BCUT2D eigenvalue weighted by molar-refractivity contribution is 5.88. The number of carbonyl (C=O) groups excluding carboxylic acids is 1. The molecular weight excluding hydrogens is 156 g/mol. The van der Waals surface area contributed by atoms with E-state index in [1.807, 2.05) is 13.8 Å². The first-order chi connectivity index (χ1) is 5.22. The largest absolute Gasteiger partial charge is 0.336 e. The van der Waals surface area contributed by atoms with Gasteiger partial charge >= 0.3 is 0 Å². The van der Waals surface area contributed by atoms with Crippen molar-refractivity contribution in [3.8, 4) is 0 Å². The third kappa shape index (κ3) is 0.881. The summed E-state index contributed by atoms with van der Waals surface area (Å²) in [4.78, 5) is 13.2. The van der Waals surface area contributed by atoms with Crippen molar-refractivity contribution in [3.05, 3.63) is 0 Å². The molecule has 2 N–H and O–H groups in total. The van der Waals surface area contributed by atoms with E-state index in [9.17, 15) is 4.79 Å². The molecule has 12 heavy (non-hydrogen) atoms. The van der Waals surface area contributed by atoms with Gasteiger partial charge in [0.1, 0.15) is 0 Å². The van der Waals surface area contributed by atoms with Gasteiger partial charge in [0.05, 0.1) is 0 Å². The van der Waals surface area contributed by atoms with Crippen LogP contribution < -0.4 is 0 Å². The molecule has 1 aliphatic rings. The summed E-state index contributed by atoms with van der Waals surface area (Å²) >= 11 is 0. The van der Waals surface area contributed by atoms with E-state index in [4.69, 9.17) is 5.21 Å². The number of hydrogen-bond donors (Lipinski definition) is 0. The first-order valence-corrected chi connectivity index (χ1v) is 4.02. The topological polar surface area (TPSA) is 46.5 Å². The van der Waals surface area contributed by atoms with E-state index in [-0.39, 0.29) is 5.91 Å². The molecule has 4 nitrogen and oxygen atoms in total. The van der Waals surface area contributed by atoms with E-state index in [1.165, 1.54) is 5.06 Å². The van der Waals surface area contributed by atoms with Gasteiger partial charge in [0.2, 0.25) is 0 Å². The van der Waals surface area contributed by atoms with Gasteiger partial charge in [-0.05, 0) is 32.8 Å². The van der Waals surface area contributed by atoms with Crippen LogP contribution in [0.4, 0.5) is 0 Å². The molecule has 1 heterocycles. The van der Waals surface area contributed by atoms with Crippen LogP contribution in [0.2, 0.25) is 0 Å². The highest BCUT2D eigenvalue weighted by Crippen LogP contribution is 2.34. The minimum Gasteiger partial charge on any atom is -0.336 e. The van der Waals surface area contributed by atoms with E-state index < -0.39 is 11.2 Å². The molecule has 1 rings (SSSR count). The smallest absolute Gasteiger partial charge is 0.251 e. The number of likely N-dealkylation sites (N-methyl/N-ethyl adjacent to an activating group) is 1. The summed E-state index contributed by atoms with van der Waals surface area (Å²) in [5.41, 5.74) is -1.20. The molecule has 0 unspecified atom stereocenters. The van der Waals surface area contributed by atoms with Gasteiger partial charge in [-0.2, -0.15) is 0 Å². The third-order valence-electron chi connectivity index (χ3n) is 2.76. The van der Waals surface area contributed by atoms with Crippen LogP contribution in [0.5, 0.6) is 0 Å².